The van der Waals surface area contributed by atoms with Crippen LogP contribution < -0.4 is 20.2 Å². The van der Waals surface area contributed by atoms with E-state index in [1.807, 2.05) is 6.92 Å². The lowest BCUT2D eigenvalue weighted by atomic mass is 10.1. The zero-order chi connectivity index (χ0) is 26.7. The number of unbranched alkanes of at least 4 members (excludes halogenated alkanes) is 6. The normalized spacial score (nSPS) is 10.8. The number of hydrogen-bond acceptors (Lipinski definition) is 6. The summed E-state index contributed by atoms with van der Waals surface area (Å²) in [6.45, 7) is 4.72. The van der Waals surface area contributed by atoms with E-state index in [-0.39, 0.29) is 12.5 Å². The van der Waals surface area contributed by atoms with Gasteiger partial charge in [-0.2, -0.15) is 5.10 Å². The molecule has 0 radical (unpaired) electrons. The van der Waals surface area contributed by atoms with E-state index in [9.17, 15) is 14.4 Å². The number of carbonyl (C=O) groups is 3. The molecule has 37 heavy (non-hydrogen) atoms. The van der Waals surface area contributed by atoms with Crippen molar-refractivity contribution in [2.45, 2.75) is 71.6 Å². The molecule has 0 saturated heterocycles. The van der Waals surface area contributed by atoms with Crippen molar-refractivity contribution in [1.82, 2.24) is 10.7 Å². The smallest absolute Gasteiger partial charge is 0.343 e. The minimum Gasteiger partial charge on any atom is -0.494 e. The molecule has 0 saturated carbocycles. The van der Waals surface area contributed by atoms with Gasteiger partial charge in [-0.25, -0.2) is 10.2 Å². The van der Waals surface area contributed by atoms with Crippen molar-refractivity contribution in [3.8, 4) is 11.5 Å². The van der Waals surface area contributed by atoms with Gasteiger partial charge in [0, 0.05) is 6.42 Å². The first-order valence-corrected chi connectivity index (χ1v) is 13.2. The second-order valence-corrected chi connectivity index (χ2v) is 8.77. The zero-order valence-corrected chi connectivity index (χ0v) is 22.0. The van der Waals surface area contributed by atoms with Gasteiger partial charge in [0.15, 0.2) is 0 Å². The third-order valence-electron chi connectivity index (χ3n) is 5.51. The lowest BCUT2D eigenvalue weighted by Crippen LogP contribution is -2.34. The van der Waals surface area contributed by atoms with Crippen molar-refractivity contribution in [3.05, 3.63) is 59.7 Å². The molecule has 0 aliphatic heterocycles. The molecule has 8 heteroatoms. The fraction of sp³-hybridized carbons (Fsp3) is 0.448. The molecular weight excluding hydrogens is 470 g/mol. The first-order valence-electron chi connectivity index (χ1n) is 13.2. The van der Waals surface area contributed by atoms with Crippen LogP contribution in [0.5, 0.6) is 11.5 Å². The Morgan fingerprint density at radius 3 is 2.11 bits per heavy atom. The Balaban J connectivity index is 1.65. The predicted molar refractivity (Wildman–Crippen MR) is 145 cm³/mol. The van der Waals surface area contributed by atoms with Crippen molar-refractivity contribution in [2.75, 3.05) is 13.2 Å². The molecule has 0 unspecified atom stereocenters. The Morgan fingerprint density at radius 1 is 0.784 bits per heavy atom. The second kappa shape index (κ2) is 17.7. The molecule has 2 aromatic carbocycles. The topological polar surface area (TPSA) is 106 Å². The zero-order valence-electron chi connectivity index (χ0n) is 22.0. The van der Waals surface area contributed by atoms with E-state index in [2.05, 4.69) is 22.8 Å². The van der Waals surface area contributed by atoms with E-state index in [0.717, 1.165) is 25.7 Å². The van der Waals surface area contributed by atoms with Crippen LogP contribution >= 0.6 is 0 Å². The number of esters is 1. The minimum absolute atomic E-state index is 0.118. The number of rotatable bonds is 17. The molecule has 0 fully saturated rings. The molecule has 8 nitrogen and oxygen atoms in total. The maximum absolute atomic E-state index is 12.3. The van der Waals surface area contributed by atoms with Crippen molar-refractivity contribution >= 4 is 24.0 Å². The third-order valence-corrected chi connectivity index (χ3v) is 5.51. The highest BCUT2D eigenvalue weighted by atomic mass is 16.5. The third kappa shape index (κ3) is 12.7. The Kier molecular flexibility index (Phi) is 14.1. The van der Waals surface area contributed by atoms with E-state index < -0.39 is 11.9 Å². The molecule has 2 amide bonds. The van der Waals surface area contributed by atoms with Crippen LogP contribution in [0.4, 0.5) is 0 Å². The minimum atomic E-state index is -0.468. The summed E-state index contributed by atoms with van der Waals surface area (Å²) in [5.41, 5.74) is 3.52. The van der Waals surface area contributed by atoms with Gasteiger partial charge in [-0.1, -0.05) is 52.4 Å². The summed E-state index contributed by atoms with van der Waals surface area (Å²) in [4.78, 5) is 36.1. The van der Waals surface area contributed by atoms with Gasteiger partial charge < -0.3 is 14.8 Å². The monoisotopic (exact) mass is 509 g/mol. The average molecular weight is 510 g/mol. The van der Waals surface area contributed by atoms with Crippen LogP contribution in [0.3, 0.4) is 0 Å². The van der Waals surface area contributed by atoms with Gasteiger partial charge in [-0.05, 0) is 66.9 Å². The van der Waals surface area contributed by atoms with E-state index in [4.69, 9.17) is 9.47 Å². The van der Waals surface area contributed by atoms with E-state index >= 15 is 0 Å². The van der Waals surface area contributed by atoms with E-state index in [1.54, 1.807) is 48.5 Å². The Bertz CT molecular complexity index is 988. The summed E-state index contributed by atoms with van der Waals surface area (Å²) in [6, 6.07) is 13.5. The largest absolute Gasteiger partial charge is 0.494 e. The number of benzene rings is 2. The first-order chi connectivity index (χ1) is 18.0. The standard InChI is InChI=1S/C29H39N3O5/c1-3-5-6-7-8-9-10-11-27(33)30-22-28(34)32-31-21-23-12-16-26(17-13-23)37-29(35)24-14-18-25(19-15-24)36-20-4-2/h12-19,21H,3-11,20,22H2,1-2H3,(H,30,33)(H,32,34)/b31-21+. The van der Waals surface area contributed by atoms with Crippen LogP contribution in [0.2, 0.25) is 0 Å². The number of nitrogens with zero attached hydrogens (tertiary/aromatic N) is 1. The van der Waals surface area contributed by atoms with Crippen LogP contribution in [0.25, 0.3) is 0 Å². The van der Waals surface area contributed by atoms with Gasteiger partial charge >= 0.3 is 5.97 Å². The number of nitrogens with one attached hydrogen (secondary N) is 2. The predicted octanol–water partition coefficient (Wildman–Crippen LogP) is 5.40. The fourth-order valence-electron chi connectivity index (χ4n) is 3.42. The average Bonchev–Trinajstić information content (AvgIpc) is 2.91. The van der Waals surface area contributed by atoms with Gasteiger partial charge in [0.2, 0.25) is 5.91 Å². The molecule has 2 aromatic rings. The molecule has 0 aliphatic carbocycles. The van der Waals surface area contributed by atoms with Gasteiger partial charge in [0.1, 0.15) is 11.5 Å². The van der Waals surface area contributed by atoms with Gasteiger partial charge in [0.05, 0.1) is 24.9 Å². The molecule has 0 heterocycles. The molecule has 0 aromatic heterocycles. The number of hydrogen-bond donors (Lipinski definition) is 2. The SMILES string of the molecule is CCCCCCCCCC(=O)NCC(=O)N/N=C/c1ccc(OC(=O)c2ccc(OCCC)cc2)cc1. The van der Waals surface area contributed by atoms with Crippen LogP contribution in [-0.4, -0.2) is 37.1 Å². The maximum Gasteiger partial charge on any atom is 0.343 e. The summed E-state index contributed by atoms with van der Waals surface area (Å²) < 4.78 is 10.9. The number of ether oxygens (including phenoxy) is 2. The second-order valence-electron chi connectivity index (χ2n) is 8.77. The molecule has 0 spiro atoms. The highest BCUT2D eigenvalue weighted by molar-refractivity contribution is 5.91. The van der Waals surface area contributed by atoms with Crippen molar-refractivity contribution in [3.63, 3.8) is 0 Å². The molecular formula is C29H39N3O5. The summed E-state index contributed by atoms with van der Waals surface area (Å²) in [5, 5.41) is 6.52. The quantitative estimate of drug-likeness (QED) is 0.0976. The Hall–Kier alpha value is -3.68. The van der Waals surface area contributed by atoms with Gasteiger partial charge in [-0.15, -0.1) is 0 Å². The number of carbonyl (C=O) groups excluding carboxylic acids is 3. The molecule has 2 rings (SSSR count). The van der Waals surface area contributed by atoms with Crippen LogP contribution in [-0.2, 0) is 9.59 Å². The van der Waals surface area contributed by atoms with Crippen molar-refractivity contribution in [2.24, 2.45) is 5.10 Å². The highest BCUT2D eigenvalue weighted by Crippen LogP contribution is 2.16. The molecule has 0 atom stereocenters. The first kappa shape index (κ1) is 29.5. The van der Waals surface area contributed by atoms with Gasteiger partial charge in [0.25, 0.3) is 5.91 Å². The maximum atomic E-state index is 12.3. The van der Waals surface area contributed by atoms with Gasteiger partial charge in [-0.3, -0.25) is 9.59 Å². The lowest BCUT2D eigenvalue weighted by molar-refractivity contribution is -0.126. The van der Waals surface area contributed by atoms with Crippen LogP contribution in [0, 0.1) is 0 Å². The fourth-order valence-corrected chi connectivity index (χ4v) is 3.42. The van der Waals surface area contributed by atoms with Crippen molar-refractivity contribution in [1.29, 1.82) is 0 Å². The summed E-state index contributed by atoms with van der Waals surface area (Å²) in [5.74, 6) is 0.102. The number of hydrazone groups is 1. The van der Waals surface area contributed by atoms with Crippen LogP contribution in [0.15, 0.2) is 53.6 Å². The van der Waals surface area contributed by atoms with E-state index in [0.29, 0.717) is 35.7 Å². The molecule has 2 N–H and O–H groups in total. The van der Waals surface area contributed by atoms with Crippen molar-refractivity contribution < 1.29 is 23.9 Å². The summed E-state index contributed by atoms with van der Waals surface area (Å²) in [6.07, 6.45) is 10.8. The summed E-state index contributed by atoms with van der Waals surface area (Å²) in [7, 11) is 0. The molecule has 0 aliphatic rings. The highest BCUT2D eigenvalue weighted by Gasteiger charge is 2.09. The van der Waals surface area contributed by atoms with Crippen LogP contribution in [0.1, 0.15) is 87.6 Å². The molecule has 0 bridgehead atoms. The Morgan fingerprint density at radius 2 is 1.43 bits per heavy atom. The summed E-state index contributed by atoms with van der Waals surface area (Å²) >= 11 is 0. The molecule has 200 valence electrons. The Labute approximate surface area is 219 Å². The lowest BCUT2D eigenvalue weighted by Gasteiger charge is -2.07. The van der Waals surface area contributed by atoms with E-state index in [1.165, 1.54) is 31.9 Å². The number of amides is 2.